The van der Waals surface area contributed by atoms with Crippen molar-refractivity contribution in [3.05, 3.63) is 131 Å². The van der Waals surface area contributed by atoms with Crippen LogP contribution in [0.2, 0.25) is 0 Å². The Morgan fingerprint density at radius 2 is 1.46 bits per heavy atom. The van der Waals surface area contributed by atoms with Crippen molar-refractivity contribution in [2.75, 3.05) is 0 Å². The second kappa shape index (κ2) is 10.4. The second-order valence-corrected chi connectivity index (χ2v) is 10.4. The molecular weight excluding hydrogens is 512 g/mol. The van der Waals surface area contributed by atoms with Crippen LogP contribution in [0.5, 0.6) is 0 Å². The van der Waals surface area contributed by atoms with Crippen LogP contribution in [0, 0.1) is 6.92 Å². The molecule has 7 heteroatoms. The van der Waals surface area contributed by atoms with Gasteiger partial charge in [-0.05, 0) is 49.2 Å². The zero-order chi connectivity index (χ0) is 28.7. The Hall–Kier alpha value is -5.17. The summed E-state index contributed by atoms with van der Waals surface area (Å²) < 4.78 is 2.16. The SMILES string of the molecule is Cc1ccc(-c2c(C3c4ccccc4C(=O)N3C(C)C(=O)NNC(=O)c3ccccc3)c3ccccc3n2C)cc1. The van der Waals surface area contributed by atoms with Crippen LogP contribution in [0.3, 0.4) is 0 Å². The maximum atomic E-state index is 14.0. The van der Waals surface area contributed by atoms with Gasteiger partial charge in [-0.2, -0.15) is 0 Å². The minimum atomic E-state index is -0.888. The van der Waals surface area contributed by atoms with E-state index in [9.17, 15) is 14.4 Å². The van der Waals surface area contributed by atoms with Crippen molar-refractivity contribution in [3.8, 4) is 11.3 Å². The van der Waals surface area contributed by atoms with Crippen molar-refractivity contribution in [2.45, 2.75) is 25.9 Å². The predicted molar refractivity (Wildman–Crippen MR) is 159 cm³/mol. The van der Waals surface area contributed by atoms with Gasteiger partial charge in [0.05, 0.1) is 11.7 Å². The number of rotatable bonds is 5. The second-order valence-electron chi connectivity index (χ2n) is 10.4. The van der Waals surface area contributed by atoms with E-state index in [1.165, 1.54) is 0 Å². The summed E-state index contributed by atoms with van der Waals surface area (Å²) in [5.41, 5.74) is 12.0. The number of benzene rings is 4. The average Bonchev–Trinajstić information content (AvgIpc) is 3.46. The Kier molecular flexibility index (Phi) is 6.63. The van der Waals surface area contributed by atoms with Crippen LogP contribution in [0.1, 0.15) is 50.4 Å². The van der Waals surface area contributed by atoms with Gasteiger partial charge < -0.3 is 9.47 Å². The van der Waals surface area contributed by atoms with Gasteiger partial charge in [0.1, 0.15) is 6.04 Å². The summed E-state index contributed by atoms with van der Waals surface area (Å²) in [7, 11) is 2.03. The Balaban J connectivity index is 1.45. The fourth-order valence-corrected chi connectivity index (χ4v) is 5.80. The van der Waals surface area contributed by atoms with Crippen molar-refractivity contribution in [1.82, 2.24) is 20.3 Å². The molecule has 2 unspecified atom stereocenters. The number of para-hydroxylation sites is 1. The quantitative estimate of drug-likeness (QED) is 0.286. The molecule has 4 aromatic carbocycles. The molecule has 0 aliphatic carbocycles. The summed E-state index contributed by atoms with van der Waals surface area (Å²) in [6, 6.07) is 31.2. The molecule has 3 amide bonds. The molecule has 6 rings (SSSR count). The van der Waals surface area contributed by atoms with Crippen LogP contribution in [-0.2, 0) is 11.8 Å². The van der Waals surface area contributed by atoms with E-state index in [2.05, 4.69) is 58.7 Å². The van der Waals surface area contributed by atoms with Crippen LogP contribution < -0.4 is 10.9 Å². The summed E-state index contributed by atoms with van der Waals surface area (Å²) in [6.45, 7) is 3.74. The fraction of sp³-hybridized carbons (Fsp3) is 0.147. The maximum absolute atomic E-state index is 14.0. The van der Waals surface area contributed by atoms with Crippen molar-refractivity contribution in [2.24, 2.45) is 7.05 Å². The molecule has 2 atom stereocenters. The Morgan fingerprint density at radius 3 is 2.22 bits per heavy atom. The highest BCUT2D eigenvalue weighted by atomic mass is 16.2. The number of aryl methyl sites for hydroxylation is 2. The van der Waals surface area contributed by atoms with E-state index in [-0.39, 0.29) is 5.91 Å². The van der Waals surface area contributed by atoms with Gasteiger partial charge in [0.15, 0.2) is 0 Å². The molecule has 0 spiro atoms. The Bertz CT molecular complexity index is 1790. The standard InChI is InChI=1S/C34H30N4O3/c1-21-17-19-23(20-18-21)30-29(27-15-9-10-16-28(27)37(30)3)31-25-13-7-8-14-26(25)34(41)38(31)22(2)32(39)35-36-33(40)24-11-5-4-6-12-24/h4-20,22,31H,1-3H3,(H,35,39)(H,36,40). The molecule has 204 valence electrons. The molecule has 1 aliphatic heterocycles. The molecule has 7 nitrogen and oxygen atoms in total. The van der Waals surface area contributed by atoms with E-state index in [4.69, 9.17) is 0 Å². The summed E-state index contributed by atoms with van der Waals surface area (Å²) in [5, 5.41) is 1.01. The van der Waals surface area contributed by atoms with Gasteiger partial charge in [0.25, 0.3) is 17.7 Å². The summed E-state index contributed by atoms with van der Waals surface area (Å²) >= 11 is 0. The molecule has 1 aromatic heterocycles. The van der Waals surface area contributed by atoms with E-state index >= 15 is 0 Å². The van der Waals surface area contributed by atoms with Gasteiger partial charge in [0, 0.05) is 34.6 Å². The van der Waals surface area contributed by atoms with Crippen molar-refractivity contribution >= 4 is 28.6 Å². The van der Waals surface area contributed by atoms with Gasteiger partial charge in [-0.15, -0.1) is 0 Å². The number of hydrogen-bond donors (Lipinski definition) is 2. The van der Waals surface area contributed by atoms with E-state index in [0.29, 0.717) is 11.1 Å². The Morgan fingerprint density at radius 1 is 0.805 bits per heavy atom. The topological polar surface area (TPSA) is 83.4 Å². The summed E-state index contributed by atoms with van der Waals surface area (Å²) in [4.78, 5) is 41.7. The first-order valence-corrected chi connectivity index (χ1v) is 13.6. The zero-order valence-electron chi connectivity index (χ0n) is 23.1. The third-order valence-corrected chi connectivity index (χ3v) is 7.87. The molecular formula is C34H30N4O3. The minimum Gasteiger partial charge on any atom is -0.343 e. The minimum absolute atomic E-state index is 0.231. The number of carbonyl (C=O) groups is 3. The van der Waals surface area contributed by atoms with Gasteiger partial charge >= 0.3 is 0 Å². The normalized spacial score (nSPS) is 15.0. The largest absolute Gasteiger partial charge is 0.343 e. The van der Waals surface area contributed by atoms with Crippen LogP contribution in [0.25, 0.3) is 22.2 Å². The molecule has 0 radical (unpaired) electrons. The smallest absolute Gasteiger partial charge is 0.269 e. The fourth-order valence-electron chi connectivity index (χ4n) is 5.80. The highest BCUT2D eigenvalue weighted by molar-refractivity contribution is 6.05. The highest BCUT2D eigenvalue weighted by Crippen LogP contribution is 2.47. The van der Waals surface area contributed by atoms with E-state index in [1.54, 1.807) is 36.1 Å². The van der Waals surface area contributed by atoms with Gasteiger partial charge in [-0.1, -0.05) is 84.4 Å². The third-order valence-electron chi connectivity index (χ3n) is 7.87. The third kappa shape index (κ3) is 4.45. The van der Waals surface area contributed by atoms with Gasteiger partial charge in [-0.25, -0.2) is 0 Å². The summed E-state index contributed by atoms with van der Waals surface area (Å²) in [6.07, 6.45) is 0. The van der Waals surface area contributed by atoms with Crippen molar-refractivity contribution in [3.63, 3.8) is 0 Å². The van der Waals surface area contributed by atoms with E-state index in [0.717, 1.165) is 38.9 Å². The average molecular weight is 543 g/mol. The lowest BCUT2D eigenvalue weighted by Gasteiger charge is -2.31. The van der Waals surface area contributed by atoms with E-state index in [1.807, 2.05) is 49.5 Å². The molecule has 0 saturated heterocycles. The van der Waals surface area contributed by atoms with E-state index < -0.39 is 23.9 Å². The van der Waals surface area contributed by atoms with Gasteiger partial charge in [0.2, 0.25) is 0 Å². The lowest BCUT2D eigenvalue weighted by Crippen LogP contribution is -2.52. The van der Waals surface area contributed by atoms with Crippen LogP contribution in [-0.4, -0.2) is 33.2 Å². The number of nitrogens with zero attached hydrogens (tertiary/aromatic N) is 2. The first kappa shape index (κ1) is 26.1. The number of aromatic nitrogens is 1. The molecule has 0 bridgehead atoms. The maximum Gasteiger partial charge on any atom is 0.269 e. The lowest BCUT2D eigenvalue weighted by molar-refractivity contribution is -0.126. The number of hydrazine groups is 1. The zero-order valence-corrected chi connectivity index (χ0v) is 23.1. The molecule has 2 heterocycles. The number of nitrogens with one attached hydrogen (secondary N) is 2. The molecule has 2 N–H and O–H groups in total. The first-order valence-electron chi connectivity index (χ1n) is 13.6. The highest BCUT2D eigenvalue weighted by Gasteiger charge is 2.44. The van der Waals surface area contributed by atoms with Crippen LogP contribution in [0.15, 0.2) is 103 Å². The lowest BCUT2D eigenvalue weighted by atomic mass is 9.92. The number of fused-ring (bicyclic) bond motifs is 2. The first-order chi connectivity index (χ1) is 19.9. The molecule has 41 heavy (non-hydrogen) atoms. The monoisotopic (exact) mass is 542 g/mol. The van der Waals surface area contributed by atoms with Crippen LogP contribution in [0.4, 0.5) is 0 Å². The van der Waals surface area contributed by atoms with Crippen LogP contribution >= 0.6 is 0 Å². The number of carbonyl (C=O) groups excluding carboxylic acids is 3. The summed E-state index contributed by atoms with van der Waals surface area (Å²) in [5.74, 6) is -1.16. The predicted octanol–water partition coefficient (Wildman–Crippen LogP) is 5.55. The number of amides is 3. The molecule has 5 aromatic rings. The Labute approximate surface area is 238 Å². The molecule has 1 aliphatic rings. The molecule has 0 saturated carbocycles. The van der Waals surface area contributed by atoms with Crippen molar-refractivity contribution < 1.29 is 14.4 Å². The van der Waals surface area contributed by atoms with Crippen molar-refractivity contribution in [1.29, 1.82) is 0 Å². The molecule has 0 fully saturated rings. The van der Waals surface area contributed by atoms with Gasteiger partial charge in [-0.3, -0.25) is 25.2 Å². The number of hydrogen-bond acceptors (Lipinski definition) is 3.